The third kappa shape index (κ3) is 4.61. The summed E-state index contributed by atoms with van der Waals surface area (Å²) in [6.45, 7) is 4.41. The second kappa shape index (κ2) is 9.26. The van der Waals surface area contributed by atoms with Gasteiger partial charge in [-0.25, -0.2) is 13.4 Å². The van der Waals surface area contributed by atoms with Gasteiger partial charge in [-0.3, -0.25) is 4.79 Å². The van der Waals surface area contributed by atoms with Gasteiger partial charge in [-0.2, -0.15) is 4.31 Å². The summed E-state index contributed by atoms with van der Waals surface area (Å²) in [7, 11) is -3.55. The number of aromatic nitrogens is 2. The van der Waals surface area contributed by atoms with Gasteiger partial charge in [0.25, 0.3) is 5.91 Å². The summed E-state index contributed by atoms with van der Waals surface area (Å²) in [6, 6.07) is 13.9. The monoisotopic (exact) mass is 452 g/mol. The van der Waals surface area contributed by atoms with Crippen LogP contribution in [-0.2, 0) is 10.0 Å². The van der Waals surface area contributed by atoms with Crippen molar-refractivity contribution in [1.82, 2.24) is 19.2 Å². The Kier molecular flexibility index (Phi) is 6.43. The number of piperidine rings is 1. The maximum Gasteiger partial charge on any atom is 0.251 e. The topological polar surface area (TPSA) is 84.3 Å². The lowest BCUT2D eigenvalue weighted by atomic mass is 10.1. The molecule has 0 spiro atoms. The van der Waals surface area contributed by atoms with Gasteiger partial charge in [0.15, 0.2) is 0 Å². The van der Waals surface area contributed by atoms with Crippen LogP contribution in [0, 0.1) is 0 Å². The molecule has 1 aliphatic rings. The van der Waals surface area contributed by atoms with Crippen LogP contribution in [0.4, 0.5) is 0 Å². The predicted molar refractivity (Wildman–Crippen MR) is 123 cm³/mol. The van der Waals surface area contributed by atoms with Crippen LogP contribution >= 0.6 is 0 Å². The van der Waals surface area contributed by atoms with Gasteiger partial charge in [0.05, 0.1) is 17.3 Å². The number of rotatable bonds is 6. The fraction of sp³-hybridized carbons (Fsp3) is 0.333. The Hall–Kier alpha value is -2.97. The molecule has 0 bridgehead atoms. The molecule has 32 heavy (non-hydrogen) atoms. The number of nitrogens with one attached hydrogen (secondary N) is 1. The van der Waals surface area contributed by atoms with Gasteiger partial charge >= 0.3 is 0 Å². The molecule has 1 saturated heterocycles. The first-order chi connectivity index (χ1) is 15.4. The zero-order valence-electron chi connectivity index (χ0n) is 18.3. The van der Waals surface area contributed by atoms with Crippen LogP contribution in [-0.4, -0.2) is 40.8 Å². The molecule has 1 amide bonds. The highest BCUT2D eigenvalue weighted by Gasteiger charge is 2.30. The Morgan fingerprint density at radius 1 is 1.09 bits per heavy atom. The molecule has 1 aliphatic heterocycles. The van der Waals surface area contributed by atoms with E-state index in [-0.39, 0.29) is 22.9 Å². The number of amides is 1. The maximum absolute atomic E-state index is 13.0. The summed E-state index contributed by atoms with van der Waals surface area (Å²) in [5, 5.41) is 2.98. The lowest BCUT2D eigenvalue weighted by molar-refractivity contribution is 0.0939. The highest BCUT2D eigenvalue weighted by atomic mass is 32.2. The summed E-state index contributed by atoms with van der Waals surface area (Å²) in [6.07, 6.45) is 8.13. The quantitative estimate of drug-likeness (QED) is 0.614. The fourth-order valence-corrected chi connectivity index (χ4v) is 5.75. The van der Waals surface area contributed by atoms with Crippen molar-refractivity contribution in [2.45, 2.75) is 50.1 Å². The van der Waals surface area contributed by atoms with Crippen LogP contribution in [0.15, 0.2) is 72.1 Å². The lowest BCUT2D eigenvalue weighted by Gasteiger charge is -2.32. The van der Waals surface area contributed by atoms with Gasteiger partial charge < -0.3 is 9.88 Å². The zero-order valence-corrected chi connectivity index (χ0v) is 19.1. The molecule has 0 radical (unpaired) electrons. The van der Waals surface area contributed by atoms with Crippen molar-refractivity contribution in [2.75, 3.05) is 6.54 Å². The van der Waals surface area contributed by atoms with Crippen LogP contribution in [0.2, 0.25) is 0 Å². The minimum Gasteiger partial charge on any atom is -0.346 e. The Balaban J connectivity index is 1.42. The van der Waals surface area contributed by atoms with Crippen molar-refractivity contribution in [3.05, 3.63) is 78.4 Å². The van der Waals surface area contributed by atoms with E-state index in [9.17, 15) is 13.2 Å². The summed E-state index contributed by atoms with van der Waals surface area (Å²) in [4.78, 5) is 17.0. The molecule has 7 nitrogen and oxygen atoms in total. The van der Waals surface area contributed by atoms with E-state index >= 15 is 0 Å². The largest absolute Gasteiger partial charge is 0.346 e. The number of hydrogen-bond donors (Lipinski definition) is 1. The van der Waals surface area contributed by atoms with Crippen LogP contribution < -0.4 is 5.32 Å². The van der Waals surface area contributed by atoms with E-state index in [1.807, 2.05) is 48.9 Å². The molecule has 1 fully saturated rings. The van der Waals surface area contributed by atoms with Crippen molar-refractivity contribution in [3.63, 3.8) is 0 Å². The number of imidazole rings is 1. The Labute approximate surface area is 189 Å². The average Bonchev–Trinajstić information content (AvgIpc) is 3.34. The summed E-state index contributed by atoms with van der Waals surface area (Å²) in [5.74, 6) is -0.244. The van der Waals surface area contributed by atoms with Gasteiger partial charge in [-0.15, -0.1) is 0 Å². The molecule has 4 rings (SSSR count). The summed E-state index contributed by atoms with van der Waals surface area (Å²) < 4.78 is 29.4. The molecule has 0 saturated carbocycles. The number of carbonyl (C=O) groups is 1. The van der Waals surface area contributed by atoms with E-state index in [1.54, 1.807) is 29.0 Å². The molecular weight excluding hydrogens is 424 g/mol. The van der Waals surface area contributed by atoms with Gasteiger partial charge in [-0.05, 0) is 68.7 Å². The number of hydrogen-bond acceptors (Lipinski definition) is 4. The van der Waals surface area contributed by atoms with Gasteiger partial charge in [0.2, 0.25) is 10.0 Å². The van der Waals surface area contributed by atoms with E-state index in [1.165, 1.54) is 12.1 Å². The average molecular weight is 453 g/mol. The molecule has 2 aromatic carbocycles. The first-order valence-electron chi connectivity index (χ1n) is 10.9. The maximum atomic E-state index is 13.0. The first-order valence-corrected chi connectivity index (χ1v) is 12.3. The predicted octanol–water partition coefficient (Wildman–Crippen LogP) is 3.93. The van der Waals surface area contributed by atoms with E-state index in [4.69, 9.17) is 0 Å². The highest BCUT2D eigenvalue weighted by Crippen LogP contribution is 2.25. The third-order valence-corrected chi connectivity index (χ3v) is 8.04. The highest BCUT2D eigenvalue weighted by molar-refractivity contribution is 7.89. The van der Waals surface area contributed by atoms with E-state index in [2.05, 4.69) is 10.3 Å². The minimum absolute atomic E-state index is 0.00209. The van der Waals surface area contributed by atoms with Crippen molar-refractivity contribution in [2.24, 2.45) is 0 Å². The van der Waals surface area contributed by atoms with Crippen LogP contribution in [0.25, 0.3) is 5.69 Å². The Morgan fingerprint density at radius 2 is 1.81 bits per heavy atom. The number of sulfonamides is 1. The van der Waals surface area contributed by atoms with E-state index in [0.29, 0.717) is 12.1 Å². The second-order valence-corrected chi connectivity index (χ2v) is 10.1. The van der Waals surface area contributed by atoms with Crippen molar-refractivity contribution >= 4 is 15.9 Å². The van der Waals surface area contributed by atoms with Crippen LogP contribution in [0.1, 0.15) is 55.1 Å². The van der Waals surface area contributed by atoms with Crippen LogP contribution in [0.3, 0.4) is 0 Å². The fourth-order valence-electron chi connectivity index (χ4n) is 4.05. The summed E-state index contributed by atoms with van der Waals surface area (Å²) in [5.41, 5.74) is 2.39. The summed E-state index contributed by atoms with van der Waals surface area (Å²) >= 11 is 0. The van der Waals surface area contributed by atoms with Gasteiger partial charge in [0, 0.05) is 36.2 Å². The Bertz CT molecular complexity index is 1160. The number of carbonyl (C=O) groups excluding carboxylic acids is 1. The molecule has 2 heterocycles. The van der Waals surface area contributed by atoms with E-state index in [0.717, 1.165) is 30.5 Å². The first kappa shape index (κ1) is 22.2. The second-order valence-electron chi connectivity index (χ2n) is 8.24. The molecule has 3 aromatic rings. The lowest BCUT2D eigenvalue weighted by Crippen LogP contribution is -2.41. The van der Waals surface area contributed by atoms with Crippen LogP contribution in [0.5, 0.6) is 0 Å². The van der Waals surface area contributed by atoms with Crippen molar-refractivity contribution < 1.29 is 13.2 Å². The third-order valence-electron chi connectivity index (χ3n) is 6.01. The number of nitrogens with zero attached hydrogens (tertiary/aromatic N) is 3. The molecule has 0 aliphatic carbocycles. The van der Waals surface area contributed by atoms with Gasteiger partial charge in [0.1, 0.15) is 0 Å². The smallest absolute Gasteiger partial charge is 0.251 e. The van der Waals surface area contributed by atoms with Gasteiger partial charge in [-0.1, -0.05) is 18.6 Å². The minimum atomic E-state index is -3.55. The molecule has 1 N–H and O–H groups in total. The van der Waals surface area contributed by atoms with Crippen molar-refractivity contribution in [3.8, 4) is 5.69 Å². The van der Waals surface area contributed by atoms with E-state index < -0.39 is 10.0 Å². The normalized spacial score (nSPS) is 18.2. The molecule has 0 unspecified atom stereocenters. The SMILES string of the molecule is C[C@@H]1CCCCN1S(=O)(=O)c1ccc(C(=O)N[C@H](C)c2ccc(-n3ccnc3)cc2)cc1. The zero-order chi connectivity index (χ0) is 22.7. The number of benzene rings is 2. The Morgan fingerprint density at radius 3 is 2.44 bits per heavy atom. The molecule has 168 valence electrons. The molecule has 2 atom stereocenters. The molecule has 8 heteroatoms. The molecule has 1 aromatic heterocycles. The standard InChI is InChI=1S/C24H28N4O3S/c1-18-5-3-4-15-28(18)32(30,31)23-12-8-21(9-13-23)24(29)26-19(2)20-6-10-22(11-7-20)27-16-14-25-17-27/h6-14,16-19H,3-5,15H2,1-2H3,(H,26,29)/t18-,19-/m1/s1. The molecular formula is C24H28N4O3S. The van der Waals surface area contributed by atoms with Crippen molar-refractivity contribution in [1.29, 1.82) is 0 Å².